The van der Waals surface area contributed by atoms with E-state index in [1.54, 1.807) is 48.9 Å². The van der Waals surface area contributed by atoms with Gasteiger partial charge in [0.25, 0.3) is 10.0 Å². The first-order valence-corrected chi connectivity index (χ1v) is 8.90. The molecule has 0 spiro atoms. The van der Waals surface area contributed by atoms with Gasteiger partial charge in [-0.25, -0.2) is 23.4 Å². The monoisotopic (exact) mass is 340 g/mol. The molecule has 1 N–H and O–H groups in total. The Morgan fingerprint density at radius 2 is 1.79 bits per heavy atom. The third-order valence-corrected chi connectivity index (χ3v) is 4.87. The molecule has 0 aliphatic carbocycles. The zero-order valence-electron chi connectivity index (χ0n) is 13.0. The average molecular weight is 340 g/mol. The summed E-state index contributed by atoms with van der Waals surface area (Å²) in [6, 6.07) is 10.2. The normalized spacial score (nSPS) is 11.2. The van der Waals surface area contributed by atoms with Crippen LogP contribution in [0.4, 0.5) is 5.82 Å². The minimum atomic E-state index is -3.66. The third kappa shape index (κ3) is 3.57. The molecular weight excluding hydrogens is 324 g/mol. The molecule has 6 nitrogen and oxygen atoms in total. The first kappa shape index (κ1) is 16.1. The van der Waals surface area contributed by atoms with E-state index in [2.05, 4.69) is 19.7 Å². The van der Waals surface area contributed by atoms with E-state index in [-0.39, 0.29) is 10.7 Å². The number of nitrogens with one attached hydrogen (secondary N) is 1. The third-order valence-electron chi connectivity index (χ3n) is 3.51. The fourth-order valence-electron chi connectivity index (χ4n) is 2.20. The highest BCUT2D eigenvalue weighted by atomic mass is 32.2. The fourth-order valence-corrected chi connectivity index (χ4v) is 3.28. The molecule has 0 unspecified atom stereocenters. The van der Waals surface area contributed by atoms with E-state index in [0.29, 0.717) is 0 Å². The maximum absolute atomic E-state index is 12.5. The molecule has 0 fully saturated rings. The summed E-state index contributed by atoms with van der Waals surface area (Å²) in [4.78, 5) is 12.3. The van der Waals surface area contributed by atoms with E-state index >= 15 is 0 Å². The Bertz CT molecular complexity index is 926. The SMILES string of the molecule is CCc1cccc(S(=O)(=O)Nc2ccc(-c3cncnc3)cn2)c1. The molecule has 0 bridgehead atoms. The molecule has 2 heterocycles. The first-order chi connectivity index (χ1) is 11.6. The van der Waals surface area contributed by atoms with E-state index in [1.165, 1.54) is 6.33 Å². The smallest absolute Gasteiger partial charge is 0.263 e. The van der Waals surface area contributed by atoms with Crippen molar-refractivity contribution in [1.82, 2.24) is 15.0 Å². The number of benzene rings is 1. The zero-order chi connectivity index (χ0) is 17.0. The Balaban J connectivity index is 1.82. The van der Waals surface area contributed by atoms with E-state index in [9.17, 15) is 8.42 Å². The lowest BCUT2D eigenvalue weighted by Crippen LogP contribution is -2.14. The van der Waals surface area contributed by atoms with Crippen LogP contribution in [-0.4, -0.2) is 23.4 Å². The van der Waals surface area contributed by atoms with Crippen molar-refractivity contribution in [3.05, 3.63) is 66.9 Å². The van der Waals surface area contributed by atoms with Crippen molar-refractivity contribution in [3.63, 3.8) is 0 Å². The molecule has 3 rings (SSSR count). The number of anilines is 1. The van der Waals surface area contributed by atoms with Crippen LogP contribution in [0.25, 0.3) is 11.1 Å². The summed E-state index contributed by atoms with van der Waals surface area (Å²) in [5.74, 6) is 0.262. The lowest BCUT2D eigenvalue weighted by atomic mass is 10.1. The molecule has 122 valence electrons. The van der Waals surface area contributed by atoms with Crippen molar-refractivity contribution in [2.24, 2.45) is 0 Å². The molecule has 0 saturated heterocycles. The Hall–Kier alpha value is -2.80. The van der Waals surface area contributed by atoms with Crippen LogP contribution in [0.3, 0.4) is 0 Å². The molecule has 24 heavy (non-hydrogen) atoms. The number of rotatable bonds is 5. The minimum absolute atomic E-state index is 0.226. The van der Waals surface area contributed by atoms with E-state index in [1.807, 2.05) is 13.0 Å². The molecule has 7 heteroatoms. The Kier molecular flexibility index (Phi) is 4.52. The van der Waals surface area contributed by atoms with Gasteiger partial charge in [0, 0.05) is 29.7 Å². The maximum Gasteiger partial charge on any atom is 0.263 e. The molecule has 0 saturated carbocycles. The van der Waals surface area contributed by atoms with Crippen LogP contribution < -0.4 is 4.72 Å². The molecule has 0 amide bonds. The Morgan fingerprint density at radius 1 is 1.00 bits per heavy atom. The Morgan fingerprint density at radius 3 is 2.46 bits per heavy atom. The van der Waals surface area contributed by atoms with Crippen molar-refractivity contribution in [2.75, 3.05) is 4.72 Å². The van der Waals surface area contributed by atoms with Gasteiger partial charge in [-0.2, -0.15) is 0 Å². The second kappa shape index (κ2) is 6.76. The lowest BCUT2D eigenvalue weighted by molar-refractivity contribution is 0.601. The van der Waals surface area contributed by atoms with E-state index < -0.39 is 10.0 Å². The van der Waals surface area contributed by atoms with Gasteiger partial charge in [-0.1, -0.05) is 19.1 Å². The first-order valence-electron chi connectivity index (χ1n) is 7.41. The summed E-state index contributed by atoms with van der Waals surface area (Å²) in [7, 11) is -3.66. The second-order valence-corrected chi connectivity index (χ2v) is 6.85. The lowest BCUT2D eigenvalue weighted by Gasteiger charge is -2.09. The van der Waals surface area contributed by atoms with Gasteiger partial charge in [0.1, 0.15) is 12.1 Å². The highest BCUT2D eigenvalue weighted by Crippen LogP contribution is 2.20. The number of aromatic nitrogens is 3. The van der Waals surface area contributed by atoms with Gasteiger partial charge in [-0.05, 0) is 36.2 Å². The second-order valence-electron chi connectivity index (χ2n) is 5.17. The van der Waals surface area contributed by atoms with Crippen molar-refractivity contribution in [3.8, 4) is 11.1 Å². The summed E-state index contributed by atoms with van der Waals surface area (Å²) in [5.41, 5.74) is 2.59. The zero-order valence-corrected chi connectivity index (χ0v) is 13.9. The summed E-state index contributed by atoms with van der Waals surface area (Å²) in [6.45, 7) is 1.98. The summed E-state index contributed by atoms with van der Waals surface area (Å²) in [5, 5.41) is 0. The fraction of sp³-hybridized carbons (Fsp3) is 0.118. The van der Waals surface area contributed by atoms with Crippen LogP contribution in [0.1, 0.15) is 12.5 Å². The quantitative estimate of drug-likeness (QED) is 0.772. The molecule has 2 aromatic heterocycles. The van der Waals surface area contributed by atoms with Crippen molar-refractivity contribution >= 4 is 15.8 Å². The highest BCUT2D eigenvalue weighted by molar-refractivity contribution is 7.92. The van der Waals surface area contributed by atoms with Crippen LogP contribution in [-0.2, 0) is 16.4 Å². The van der Waals surface area contributed by atoms with Gasteiger partial charge in [-0.15, -0.1) is 0 Å². The van der Waals surface area contributed by atoms with E-state index in [4.69, 9.17) is 0 Å². The van der Waals surface area contributed by atoms with Crippen molar-refractivity contribution in [1.29, 1.82) is 0 Å². The number of pyridine rings is 1. The van der Waals surface area contributed by atoms with Crippen molar-refractivity contribution in [2.45, 2.75) is 18.2 Å². The number of nitrogens with zero attached hydrogens (tertiary/aromatic N) is 3. The van der Waals surface area contributed by atoms with Crippen molar-refractivity contribution < 1.29 is 8.42 Å². The molecular formula is C17H16N4O2S. The van der Waals surface area contributed by atoms with Crippen LogP contribution in [0.15, 0.2) is 66.2 Å². The largest absolute Gasteiger partial charge is 0.263 e. The highest BCUT2D eigenvalue weighted by Gasteiger charge is 2.15. The van der Waals surface area contributed by atoms with E-state index in [0.717, 1.165) is 23.1 Å². The predicted octanol–water partition coefficient (Wildman–Crippen LogP) is 2.90. The van der Waals surface area contributed by atoms with Gasteiger partial charge >= 0.3 is 0 Å². The van der Waals surface area contributed by atoms with Crippen LogP contribution in [0.5, 0.6) is 0 Å². The van der Waals surface area contributed by atoms with Crippen LogP contribution in [0.2, 0.25) is 0 Å². The Labute approximate surface area is 140 Å². The van der Waals surface area contributed by atoms with Crippen LogP contribution >= 0.6 is 0 Å². The van der Waals surface area contributed by atoms with Crippen LogP contribution in [0, 0.1) is 0 Å². The number of aryl methyl sites for hydroxylation is 1. The molecule has 0 aliphatic rings. The van der Waals surface area contributed by atoms with Gasteiger partial charge in [0.05, 0.1) is 4.90 Å². The molecule has 0 atom stereocenters. The van der Waals surface area contributed by atoms with Gasteiger partial charge < -0.3 is 0 Å². The van der Waals surface area contributed by atoms with Gasteiger partial charge in [0.2, 0.25) is 0 Å². The molecule has 0 aliphatic heterocycles. The van der Waals surface area contributed by atoms with Gasteiger partial charge in [-0.3, -0.25) is 4.72 Å². The predicted molar refractivity (Wildman–Crippen MR) is 91.9 cm³/mol. The molecule has 0 radical (unpaired) electrons. The molecule has 1 aromatic carbocycles. The maximum atomic E-state index is 12.5. The molecule has 3 aromatic rings. The minimum Gasteiger partial charge on any atom is -0.263 e. The summed E-state index contributed by atoms with van der Waals surface area (Å²) >= 11 is 0. The topological polar surface area (TPSA) is 84.8 Å². The standard InChI is InChI=1S/C17H16N4O2S/c1-2-13-4-3-5-16(8-13)24(22,23)21-17-7-6-14(11-20-17)15-9-18-12-19-10-15/h3-12H,2H2,1H3,(H,20,21). The van der Waals surface area contributed by atoms with Gasteiger partial charge in [0.15, 0.2) is 0 Å². The average Bonchev–Trinajstić information content (AvgIpc) is 2.63. The summed E-state index contributed by atoms with van der Waals surface area (Å²) < 4.78 is 27.4. The number of hydrogen-bond acceptors (Lipinski definition) is 5. The summed E-state index contributed by atoms with van der Waals surface area (Å²) in [6.07, 6.45) is 7.15. The number of hydrogen-bond donors (Lipinski definition) is 1. The number of sulfonamides is 1.